The van der Waals surface area contributed by atoms with Crippen molar-refractivity contribution in [2.45, 2.75) is 13.8 Å². The van der Waals surface area contributed by atoms with Gasteiger partial charge in [0.05, 0.1) is 16.6 Å². The number of hydrogen-bond acceptors (Lipinski definition) is 3. The molecule has 0 unspecified atom stereocenters. The lowest BCUT2D eigenvalue weighted by atomic mass is 10.1. The number of rotatable bonds is 2. The van der Waals surface area contributed by atoms with Crippen LogP contribution in [0.15, 0.2) is 54.6 Å². The third kappa shape index (κ3) is 1.95. The Hall–Kier alpha value is -3.01. The Kier molecular flexibility index (Phi) is 2.98. The Morgan fingerprint density at radius 1 is 0.957 bits per heavy atom. The minimum absolute atomic E-state index is 0.00626. The van der Waals surface area contributed by atoms with Crippen LogP contribution >= 0.6 is 0 Å². The van der Waals surface area contributed by atoms with Crippen molar-refractivity contribution in [2.75, 3.05) is 0 Å². The molecule has 4 nitrogen and oxygen atoms in total. The minimum Gasteiger partial charge on any atom is -0.311 e. The molecule has 0 aliphatic rings. The van der Waals surface area contributed by atoms with E-state index in [4.69, 9.17) is 0 Å². The molecule has 0 radical (unpaired) electrons. The van der Waals surface area contributed by atoms with Gasteiger partial charge in [-0.25, -0.2) is 0 Å². The second kappa shape index (κ2) is 5.02. The molecule has 4 rings (SSSR count). The van der Waals surface area contributed by atoms with Crippen LogP contribution < -0.4 is 0 Å². The summed E-state index contributed by atoms with van der Waals surface area (Å²) in [6.07, 6.45) is 0. The molecule has 0 fully saturated rings. The number of para-hydroxylation sites is 1. The number of carbonyl (C=O) groups is 1. The van der Waals surface area contributed by atoms with Crippen molar-refractivity contribution >= 4 is 27.7 Å². The van der Waals surface area contributed by atoms with E-state index in [9.17, 15) is 4.79 Å². The third-order valence-electron chi connectivity index (χ3n) is 4.17. The summed E-state index contributed by atoms with van der Waals surface area (Å²) in [5, 5.41) is 9.63. The lowest BCUT2D eigenvalue weighted by Crippen LogP contribution is -1.99. The average Bonchev–Trinajstić information content (AvgIpc) is 2.88. The van der Waals surface area contributed by atoms with Crippen LogP contribution in [-0.4, -0.2) is 20.5 Å². The number of benzene rings is 2. The second-order valence-corrected chi connectivity index (χ2v) is 5.60. The largest absolute Gasteiger partial charge is 0.311 e. The summed E-state index contributed by atoms with van der Waals surface area (Å²) in [7, 11) is 0. The molecular weight excluding hydrogens is 286 g/mol. The van der Waals surface area contributed by atoms with E-state index in [1.807, 2.05) is 61.5 Å². The first-order chi connectivity index (χ1) is 11.2. The first-order valence-electron chi connectivity index (χ1n) is 7.51. The lowest BCUT2D eigenvalue weighted by molar-refractivity contribution is 0.101. The predicted octanol–water partition coefficient (Wildman–Crippen LogP) is 4.08. The molecule has 2 heterocycles. The van der Waals surface area contributed by atoms with E-state index in [0.717, 1.165) is 27.8 Å². The molecule has 0 aliphatic carbocycles. The molecular formula is C19H15N3O. The summed E-state index contributed by atoms with van der Waals surface area (Å²) >= 11 is 0. The summed E-state index contributed by atoms with van der Waals surface area (Å²) in [6.45, 7) is 3.54. The van der Waals surface area contributed by atoms with Gasteiger partial charge in [-0.1, -0.05) is 36.4 Å². The maximum absolute atomic E-state index is 12.2. The van der Waals surface area contributed by atoms with Gasteiger partial charge >= 0.3 is 0 Å². The predicted molar refractivity (Wildman–Crippen MR) is 91.1 cm³/mol. The zero-order valence-corrected chi connectivity index (χ0v) is 12.9. The number of ketones is 1. The smallest absolute Gasteiger partial charge is 0.163 e. The molecule has 0 atom stereocenters. The zero-order valence-electron chi connectivity index (χ0n) is 12.9. The molecule has 0 amide bonds. The van der Waals surface area contributed by atoms with Gasteiger partial charge in [0.2, 0.25) is 0 Å². The highest BCUT2D eigenvalue weighted by Crippen LogP contribution is 2.32. The Morgan fingerprint density at radius 3 is 2.39 bits per heavy atom. The van der Waals surface area contributed by atoms with Crippen molar-refractivity contribution in [3.05, 3.63) is 65.9 Å². The Balaban J connectivity index is 2.26. The quantitative estimate of drug-likeness (QED) is 0.524. The van der Waals surface area contributed by atoms with Gasteiger partial charge in [0.25, 0.3) is 0 Å². The second-order valence-electron chi connectivity index (χ2n) is 5.60. The summed E-state index contributed by atoms with van der Waals surface area (Å²) in [5.41, 5.74) is 4.97. The average molecular weight is 301 g/mol. The number of fused-ring (bicyclic) bond motifs is 3. The molecule has 0 N–H and O–H groups in total. The summed E-state index contributed by atoms with van der Waals surface area (Å²) in [6, 6.07) is 17.9. The van der Waals surface area contributed by atoms with Gasteiger partial charge in [0.1, 0.15) is 5.52 Å². The molecule has 0 bridgehead atoms. The molecule has 0 saturated carbocycles. The van der Waals surface area contributed by atoms with Crippen LogP contribution in [0.3, 0.4) is 0 Å². The fourth-order valence-corrected chi connectivity index (χ4v) is 3.21. The molecule has 23 heavy (non-hydrogen) atoms. The summed E-state index contributed by atoms with van der Waals surface area (Å²) < 4.78 is 2.10. The fraction of sp³-hybridized carbons (Fsp3) is 0.105. The fourth-order valence-electron chi connectivity index (χ4n) is 3.21. The molecule has 4 heteroatoms. The lowest BCUT2D eigenvalue weighted by Gasteiger charge is -2.09. The highest BCUT2D eigenvalue weighted by Gasteiger charge is 2.21. The van der Waals surface area contributed by atoms with Gasteiger partial charge in [-0.15, -0.1) is 10.2 Å². The number of nitrogens with zero attached hydrogens (tertiary/aromatic N) is 3. The third-order valence-corrected chi connectivity index (χ3v) is 4.17. The van der Waals surface area contributed by atoms with Gasteiger partial charge in [0.15, 0.2) is 5.78 Å². The van der Waals surface area contributed by atoms with Gasteiger partial charge in [0, 0.05) is 16.8 Å². The van der Waals surface area contributed by atoms with Gasteiger partial charge in [-0.3, -0.25) is 4.79 Å². The van der Waals surface area contributed by atoms with E-state index in [1.54, 1.807) is 6.92 Å². The summed E-state index contributed by atoms with van der Waals surface area (Å²) in [4.78, 5) is 12.2. The standard InChI is InChI=1S/C19H15N3O/c1-12-17(13(2)23)18-19(22(12)14-8-4-3-5-9-14)15-10-6-7-11-16(15)20-21-18/h3-11H,1-2H3. The molecule has 2 aromatic carbocycles. The Labute approximate surface area is 133 Å². The highest BCUT2D eigenvalue weighted by atomic mass is 16.1. The van der Waals surface area contributed by atoms with Crippen molar-refractivity contribution in [3.63, 3.8) is 0 Å². The molecule has 4 aromatic rings. The van der Waals surface area contributed by atoms with Gasteiger partial charge in [-0.2, -0.15) is 0 Å². The van der Waals surface area contributed by atoms with E-state index in [0.29, 0.717) is 11.1 Å². The topological polar surface area (TPSA) is 47.8 Å². The number of Topliss-reactive ketones (excluding diaryl/α,β-unsaturated/α-hetero) is 1. The van der Waals surface area contributed by atoms with Crippen molar-refractivity contribution in [2.24, 2.45) is 0 Å². The highest BCUT2D eigenvalue weighted by molar-refractivity contribution is 6.13. The van der Waals surface area contributed by atoms with Crippen LogP contribution in [-0.2, 0) is 0 Å². The Morgan fingerprint density at radius 2 is 1.65 bits per heavy atom. The van der Waals surface area contributed by atoms with Crippen molar-refractivity contribution in [1.82, 2.24) is 14.8 Å². The van der Waals surface area contributed by atoms with E-state index < -0.39 is 0 Å². The maximum Gasteiger partial charge on any atom is 0.163 e. The molecule has 2 aromatic heterocycles. The van der Waals surface area contributed by atoms with E-state index >= 15 is 0 Å². The van der Waals surface area contributed by atoms with E-state index in [2.05, 4.69) is 14.8 Å². The van der Waals surface area contributed by atoms with Crippen LogP contribution in [0.25, 0.3) is 27.6 Å². The SMILES string of the molecule is CC(=O)c1c(C)n(-c2ccccc2)c2c1nnc1ccccc12. The normalized spacial score (nSPS) is 11.2. The number of carbonyl (C=O) groups excluding carboxylic acids is 1. The van der Waals surface area contributed by atoms with Gasteiger partial charge in [-0.05, 0) is 32.0 Å². The maximum atomic E-state index is 12.2. The van der Waals surface area contributed by atoms with Gasteiger partial charge < -0.3 is 4.57 Å². The van der Waals surface area contributed by atoms with Crippen molar-refractivity contribution < 1.29 is 4.79 Å². The zero-order chi connectivity index (χ0) is 16.0. The monoisotopic (exact) mass is 301 g/mol. The van der Waals surface area contributed by atoms with Crippen molar-refractivity contribution in [1.29, 1.82) is 0 Å². The van der Waals surface area contributed by atoms with Crippen LogP contribution in [0.2, 0.25) is 0 Å². The van der Waals surface area contributed by atoms with E-state index in [-0.39, 0.29) is 5.78 Å². The first kappa shape index (κ1) is 13.6. The van der Waals surface area contributed by atoms with Crippen LogP contribution in [0.1, 0.15) is 23.0 Å². The molecule has 0 spiro atoms. The summed E-state index contributed by atoms with van der Waals surface area (Å²) in [5.74, 6) is 0.00626. The molecule has 112 valence electrons. The first-order valence-corrected chi connectivity index (χ1v) is 7.51. The van der Waals surface area contributed by atoms with Crippen LogP contribution in [0.4, 0.5) is 0 Å². The van der Waals surface area contributed by atoms with E-state index in [1.165, 1.54) is 0 Å². The van der Waals surface area contributed by atoms with Crippen LogP contribution in [0.5, 0.6) is 0 Å². The Bertz CT molecular complexity index is 1050. The molecule has 0 aliphatic heterocycles. The number of hydrogen-bond donors (Lipinski definition) is 0. The van der Waals surface area contributed by atoms with Crippen molar-refractivity contribution in [3.8, 4) is 5.69 Å². The molecule has 0 saturated heterocycles. The minimum atomic E-state index is 0.00626. The van der Waals surface area contributed by atoms with Crippen LogP contribution in [0, 0.1) is 6.92 Å². The number of aromatic nitrogens is 3.